The molecule has 0 rings (SSSR count). The van der Waals surface area contributed by atoms with Crippen molar-refractivity contribution in [1.82, 2.24) is 5.32 Å². The van der Waals surface area contributed by atoms with Crippen molar-refractivity contribution in [2.75, 3.05) is 5.75 Å². The second-order valence-corrected chi connectivity index (χ2v) is 8.28. The van der Waals surface area contributed by atoms with Crippen LogP contribution in [0.5, 0.6) is 0 Å². The molecule has 2 N–H and O–H groups in total. The summed E-state index contributed by atoms with van der Waals surface area (Å²) in [5, 5.41) is 12.5. The molecule has 0 saturated carbocycles. The molecule has 4 heteroatoms. The average molecular weight is 275 g/mol. The highest BCUT2D eigenvalue weighted by atomic mass is 32.2. The Bertz CT molecular complexity index is 261. The number of carbonyl (C=O) groups is 1. The number of aliphatic carboxylic acids is 1. The molecule has 108 valence electrons. The second kappa shape index (κ2) is 7.39. The minimum Gasteiger partial charge on any atom is -0.480 e. The van der Waals surface area contributed by atoms with Crippen LogP contribution in [0, 0.1) is 0 Å². The van der Waals surface area contributed by atoms with Crippen molar-refractivity contribution in [2.45, 2.75) is 77.1 Å². The number of hydrogen-bond donors (Lipinski definition) is 2. The van der Waals surface area contributed by atoms with Gasteiger partial charge in [-0.05, 0) is 39.4 Å². The van der Waals surface area contributed by atoms with E-state index in [-0.39, 0.29) is 6.04 Å². The lowest BCUT2D eigenvalue weighted by Gasteiger charge is -2.28. The summed E-state index contributed by atoms with van der Waals surface area (Å²) < 4.78 is 0.298. The summed E-state index contributed by atoms with van der Waals surface area (Å²) in [5.74, 6) is 0.348. The highest BCUT2D eigenvalue weighted by molar-refractivity contribution is 8.00. The van der Waals surface area contributed by atoms with Crippen LogP contribution in [0.2, 0.25) is 0 Å². The molecule has 0 amide bonds. The van der Waals surface area contributed by atoms with Crippen LogP contribution >= 0.6 is 11.8 Å². The van der Waals surface area contributed by atoms with Gasteiger partial charge in [0, 0.05) is 10.8 Å². The summed E-state index contributed by atoms with van der Waals surface area (Å²) in [6.07, 6.45) is 2.71. The third-order valence-electron chi connectivity index (χ3n) is 2.69. The summed E-state index contributed by atoms with van der Waals surface area (Å²) in [7, 11) is 0. The lowest BCUT2D eigenvalue weighted by molar-refractivity contribution is -0.144. The molecule has 0 aliphatic rings. The van der Waals surface area contributed by atoms with Crippen LogP contribution in [0.1, 0.15) is 60.8 Å². The standard InChI is InChI=1S/C14H29NO2S/c1-11(2)15-14(6,12(16)17)9-7-8-10-18-13(3,4)5/h11,15H,7-10H2,1-6H3,(H,16,17). The number of nitrogens with one attached hydrogen (secondary N) is 1. The van der Waals surface area contributed by atoms with Crippen molar-refractivity contribution < 1.29 is 9.90 Å². The molecule has 0 aliphatic heterocycles. The van der Waals surface area contributed by atoms with Gasteiger partial charge in [0.1, 0.15) is 5.54 Å². The first kappa shape index (κ1) is 17.8. The molecule has 0 aromatic rings. The molecular formula is C14H29NO2S. The van der Waals surface area contributed by atoms with E-state index in [1.54, 1.807) is 6.92 Å². The molecule has 0 bridgehead atoms. The van der Waals surface area contributed by atoms with Gasteiger partial charge in [-0.3, -0.25) is 10.1 Å². The van der Waals surface area contributed by atoms with Gasteiger partial charge in [-0.25, -0.2) is 0 Å². The molecule has 0 saturated heterocycles. The fraction of sp³-hybridized carbons (Fsp3) is 0.929. The molecule has 0 heterocycles. The summed E-state index contributed by atoms with van der Waals surface area (Å²) >= 11 is 1.94. The Morgan fingerprint density at radius 2 is 1.78 bits per heavy atom. The molecule has 1 unspecified atom stereocenters. The zero-order valence-electron chi connectivity index (χ0n) is 12.7. The van der Waals surface area contributed by atoms with Crippen molar-refractivity contribution in [2.24, 2.45) is 0 Å². The third kappa shape index (κ3) is 7.98. The zero-order chi connectivity index (χ0) is 14.4. The maximum atomic E-state index is 11.3. The van der Waals surface area contributed by atoms with Crippen molar-refractivity contribution in [3.8, 4) is 0 Å². The normalized spacial score (nSPS) is 15.7. The van der Waals surface area contributed by atoms with Crippen LogP contribution in [0.25, 0.3) is 0 Å². The van der Waals surface area contributed by atoms with Gasteiger partial charge in [0.05, 0.1) is 0 Å². The molecule has 0 aliphatic carbocycles. The average Bonchev–Trinajstić information content (AvgIpc) is 2.13. The van der Waals surface area contributed by atoms with E-state index in [0.717, 1.165) is 18.6 Å². The van der Waals surface area contributed by atoms with E-state index in [1.807, 2.05) is 25.6 Å². The Balaban J connectivity index is 4.03. The van der Waals surface area contributed by atoms with Crippen LogP contribution in [0.3, 0.4) is 0 Å². The van der Waals surface area contributed by atoms with Gasteiger partial charge in [-0.2, -0.15) is 11.8 Å². The van der Waals surface area contributed by atoms with Crippen molar-refractivity contribution in [3.63, 3.8) is 0 Å². The van der Waals surface area contributed by atoms with E-state index in [4.69, 9.17) is 0 Å². The minimum absolute atomic E-state index is 0.190. The first-order chi connectivity index (χ1) is 8.07. The van der Waals surface area contributed by atoms with Gasteiger partial charge in [-0.15, -0.1) is 0 Å². The SMILES string of the molecule is CC(C)NC(C)(CCCCSC(C)(C)C)C(=O)O. The lowest BCUT2D eigenvalue weighted by Crippen LogP contribution is -2.52. The van der Waals surface area contributed by atoms with Gasteiger partial charge in [0.2, 0.25) is 0 Å². The predicted octanol–water partition coefficient (Wildman–Crippen LogP) is 3.53. The Hall–Kier alpha value is -0.220. The molecule has 3 nitrogen and oxygen atoms in total. The van der Waals surface area contributed by atoms with E-state index >= 15 is 0 Å². The third-order valence-corrected chi connectivity index (χ3v) is 4.04. The Morgan fingerprint density at radius 1 is 1.22 bits per heavy atom. The monoisotopic (exact) mass is 275 g/mol. The van der Waals surface area contributed by atoms with Crippen molar-refractivity contribution >= 4 is 17.7 Å². The number of carboxylic acids is 1. The molecule has 0 aromatic heterocycles. The quantitative estimate of drug-likeness (QED) is 0.665. The Labute approximate surface area is 116 Å². The number of hydrogen-bond acceptors (Lipinski definition) is 3. The highest BCUT2D eigenvalue weighted by Crippen LogP contribution is 2.25. The van der Waals surface area contributed by atoms with Gasteiger partial charge in [0.25, 0.3) is 0 Å². The topological polar surface area (TPSA) is 49.3 Å². The van der Waals surface area contributed by atoms with E-state index in [1.165, 1.54) is 0 Å². The van der Waals surface area contributed by atoms with Gasteiger partial charge >= 0.3 is 5.97 Å². The Morgan fingerprint density at radius 3 is 2.17 bits per heavy atom. The Kier molecular flexibility index (Phi) is 7.30. The smallest absolute Gasteiger partial charge is 0.323 e. The molecule has 0 aromatic carbocycles. The van der Waals surface area contributed by atoms with E-state index in [9.17, 15) is 9.90 Å². The summed E-state index contributed by atoms with van der Waals surface area (Å²) in [4.78, 5) is 11.3. The fourth-order valence-corrected chi connectivity index (χ4v) is 2.80. The van der Waals surface area contributed by atoms with Gasteiger partial charge < -0.3 is 5.11 Å². The fourth-order valence-electron chi connectivity index (χ4n) is 1.84. The minimum atomic E-state index is -0.791. The lowest BCUT2D eigenvalue weighted by atomic mass is 9.94. The van der Waals surface area contributed by atoms with Crippen LogP contribution in [-0.2, 0) is 4.79 Å². The van der Waals surface area contributed by atoms with Crippen molar-refractivity contribution in [3.05, 3.63) is 0 Å². The summed E-state index contributed by atoms with van der Waals surface area (Å²) in [5.41, 5.74) is -0.791. The number of rotatable bonds is 8. The largest absolute Gasteiger partial charge is 0.480 e. The summed E-state index contributed by atoms with van der Waals surface area (Å²) in [6.45, 7) is 12.4. The van der Waals surface area contributed by atoms with Crippen LogP contribution in [0.15, 0.2) is 0 Å². The van der Waals surface area contributed by atoms with E-state index in [0.29, 0.717) is 11.2 Å². The number of carboxylic acid groups (broad SMARTS) is 1. The number of thioether (sulfide) groups is 1. The van der Waals surface area contributed by atoms with Gasteiger partial charge in [0.15, 0.2) is 0 Å². The highest BCUT2D eigenvalue weighted by Gasteiger charge is 2.32. The van der Waals surface area contributed by atoms with E-state index in [2.05, 4.69) is 26.1 Å². The van der Waals surface area contributed by atoms with Gasteiger partial charge in [-0.1, -0.05) is 27.2 Å². The van der Waals surface area contributed by atoms with E-state index < -0.39 is 11.5 Å². The second-order valence-electron chi connectivity index (χ2n) is 6.35. The van der Waals surface area contributed by atoms with Crippen molar-refractivity contribution in [1.29, 1.82) is 0 Å². The predicted molar refractivity (Wildman–Crippen MR) is 80.4 cm³/mol. The first-order valence-electron chi connectivity index (χ1n) is 6.72. The molecule has 1 atom stereocenters. The molecule has 0 spiro atoms. The van der Waals surface area contributed by atoms with Crippen LogP contribution in [0.4, 0.5) is 0 Å². The van der Waals surface area contributed by atoms with Crippen LogP contribution in [-0.4, -0.2) is 33.2 Å². The molecular weight excluding hydrogens is 246 g/mol. The molecule has 18 heavy (non-hydrogen) atoms. The number of unbranched alkanes of at least 4 members (excludes halogenated alkanes) is 1. The van der Waals surface area contributed by atoms with Crippen LogP contribution < -0.4 is 5.32 Å². The zero-order valence-corrected chi connectivity index (χ0v) is 13.5. The summed E-state index contributed by atoms with van der Waals surface area (Å²) in [6, 6.07) is 0.190. The first-order valence-corrected chi connectivity index (χ1v) is 7.70. The maximum absolute atomic E-state index is 11.3. The molecule has 0 fully saturated rings. The molecule has 0 radical (unpaired) electrons. The maximum Gasteiger partial charge on any atom is 0.323 e.